The largest absolute Gasteiger partial charge is 0.392 e. The summed E-state index contributed by atoms with van der Waals surface area (Å²) in [5, 5.41) is 9.40. The SMILES string of the molecule is CN(CC1CCCOC1)c1cc(Br)ccc1CO. The van der Waals surface area contributed by atoms with E-state index in [0.717, 1.165) is 41.9 Å². The van der Waals surface area contributed by atoms with Crippen LogP contribution in [0.2, 0.25) is 0 Å². The normalized spacial score (nSPS) is 19.8. The van der Waals surface area contributed by atoms with Crippen molar-refractivity contribution >= 4 is 21.6 Å². The van der Waals surface area contributed by atoms with E-state index in [1.807, 2.05) is 12.1 Å². The molecular weight excluding hydrogens is 294 g/mol. The van der Waals surface area contributed by atoms with Gasteiger partial charge in [0.2, 0.25) is 0 Å². The van der Waals surface area contributed by atoms with E-state index in [4.69, 9.17) is 4.74 Å². The summed E-state index contributed by atoms with van der Waals surface area (Å²) in [7, 11) is 2.08. The van der Waals surface area contributed by atoms with Gasteiger partial charge in [0.15, 0.2) is 0 Å². The zero-order chi connectivity index (χ0) is 13.0. The van der Waals surface area contributed by atoms with Crippen molar-refractivity contribution in [3.63, 3.8) is 0 Å². The number of halogens is 1. The van der Waals surface area contributed by atoms with Gasteiger partial charge in [-0.1, -0.05) is 22.0 Å². The highest BCUT2D eigenvalue weighted by Gasteiger charge is 2.17. The topological polar surface area (TPSA) is 32.7 Å². The van der Waals surface area contributed by atoms with Crippen LogP contribution in [0.15, 0.2) is 22.7 Å². The molecule has 1 fully saturated rings. The maximum atomic E-state index is 9.40. The molecule has 1 heterocycles. The molecular formula is C14H20BrNO2. The van der Waals surface area contributed by atoms with E-state index < -0.39 is 0 Å². The van der Waals surface area contributed by atoms with Crippen LogP contribution >= 0.6 is 15.9 Å². The third-order valence-corrected chi connectivity index (χ3v) is 3.91. The predicted octanol–water partition coefficient (Wildman–Crippen LogP) is 2.80. The Morgan fingerprint density at radius 3 is 3.00 bits per heavy atom. The molecule has 0 aromatic heterocycles. The fourth-order valence-electron chi connectivity index (χ4n) is 2.46. The van der Waals surface area contributed by atoms with Gasteiger partial charge in [0.1, 0.15) is 0 Å². The number of hydrogen-bond acceptors (Lipinski definition) is 3. The highest BCUT2D eigenvalue weighted by Crippen LogP contribution is 2.26. The van der Waals surface area contributed by atoms with Gasteiger partial charge in [-0.25, -0.2) is 0 Å². The molecule has 0 radical (unpaired) electrons. The van der Waals surface area contributed by atoms with Crippen molar-refractivity contribution in [2.45, 2.75) is 19.4 Å². The first-order valence-corrected chi connectivity index (χ1v) is 7.18. The van der Waals surface area contributed by atoms with E-state index in [-0.39, 0.29) is 6.61 Å². The van der Waals surface area contributed by atoms with Crippen molar-refractivity contribution in [2.24, 2.45) is 5.92 Å². The lowest BCUT2D eigenvalue weighted by Crippen LogP contribution is -2.31. The Kier molecular flexibility index (Phi) is 5.03. The molecule has 4 heteroatoms. The number of ether oxygens (including phenoxy) is 1. The molecule has 18 heavy (non-hydrogen) atoms. The van der Waals surface area contributed by atoms with E-state index in [1.54, 1.807) is 0 Å². The second-order valence-corrected chi connectivity index (χ2v) is 5.81. The van der Waals surface area contributed by atoms with Crippen LogP contribution in [0.1, 0.15) is 18.4 Å². The second kappa shape index (κ2) is 6.55. The van der Waals surface area contributed by atoms with E-state index in [9.17, 15) is 5.11 Å². The third kappa shape index (κ3) is 3.46. The summed E-state index contributed by atoms with van der Waals surface area (Å²) in [4.78, 5) is 2.22. The second-order valence-electron chi connectivity index (χ2n) is 4.89. The van der Waals surface area contributed by atoms with Crippen molar-refractivity contribution < 1.29 is 9.84 Å². The zero-order valence-electron chi connectivity index (χ0n) is 10.7. The minimum atomic E-state index is 0.0775. The monoisotopic (exact) mass is 313 g/mol. The van der Waals surface area contributed by atoms with Gasteiger partial charge >= 0.3 is 0 Å². The molecule has 100 valence electrons. The molecule has 1 saturated heterocycles. The number of rotatable bonds is 4. The predicted molar refractivity (Wildman–Crippen MR) is 76.9 cm³/mol. The van der Waals surface area contributed by atoms with Gasteiger partial charge in [-0.2, -0.15) is 0 Å². The van der Waals surface area contributed by atoms with Crippen molar-refractivity contribution in [2.75, 3.05) is 31.7 Å². The first-order chi connectivity index (χ1) is 8.70. The smallest absolute Gasteiger partial charge is 0.0702 e. The van der Waals surface area contributed by atoms with Crippen LogP contribution in [-0.4, -0.2) is 31.9 Å². The summed E-state index contributed by atoms with van der Waals surface area (Å²) in [6, 6.07) is 6.00. The van der Waals surface area contributed by atoms with Crippen LogP contribution in [0.3, 0.4) is 0 Å². The van der Waals surface area contributed by atoms with E-state index in [0.29, 0.717) is 5.92 Å². The van der Waals surface area contributed by atoms with E-state index in [1.165, 1.54) is 6.42 Å². The van der Waals surface area contributed by atoms with E-state index >= 15 is 0 Å². The number of aliphatic hydroxyl groups excluding tert-OH is 1. The molecule has 1 unspecified atom stereocenters. The quantitative estimate of drug-likeness (QED) is 0.927. The number of anilines is 1. The van der Waals surface area contributed by atoms with Crippen molar-refractivity contribution in [1.82, 2.24) is 0 Å². The Hall–Kier alpha value is -0.580. The lowest BCUT2D eigenvalue weighted by molar-refractivity contribution is 0.0576. The molecule has 0 saturated carbocycles. The van der Waals surface area contributed by atoms with Crippen LogP contribution in [0, 0.1) is 5.92 Å². The van der Waals surface area contributed by atoms with Crippen LogP contribution in [0.25, 0.3) is 0 Å². The summed E-state index contributed by atoms with van der Waals surface area (Å²) in [6.07, 6.45) is 2.39. The zero-order valence-corrected chi connectivity index (χ0v) is 12.3. The summed E-state index contributed by atoms with van der Waals surface area (Å²) in [5.41, 5.74) is 2.06. The lowest BCUT2D eigenvalue weighted by atomic mass is 10.0. The van der Waals surface area contributed by atoms with Crippen molar-refractivity contribution in [3.05, 3.63) is 28.2 Å². The van der Waals surface area contributed by atoms with Crippen LogP contribution in [-0.2, 0) is 11.3 Å². The molecule has 2 rings (SSSR count). The maximum Gasteiger partial charge on any atom is 0.0702 e. The van der Waals surface area contributed by atoms with Gasteiger partial charge in [0, 0.05) is 35.9 Å². The average Bonchev–Trinajstić information content (AvgIpc) is 2.40. The molecule has 3 nitrogen and oxygen atoms in total. The molecule has 0 aliphatic carbocycles. The summed E-state index contributed by atoms with van der Waals surface area (Å²) < 4.78 is 6.56. The highest BCUT2D eigenvalue weighted by atomic mass is 79.9. The molecule has 0 amide bonds. The maximum absolute atomic E-state index is 9.40. The van der Waals surface area contributed by atoms with Crippen molar-refractivity contribution in [1.29, 1.82) is 0 Å². The van der Waals surface area contributed by atoms with Crippen molar-refractivity contribution in [3.8, 4) is 0 Å². The van der Waals surface area contributed by atoms with Crippen LogP contribution in [0.4, 0.5) is 5.69 Å². The first-order valence-electron chi connectivity index (χ1n) is 6.39. The Balaban J connectivity index is 2.07. The Morgan fingerprint density at radius 2 is 2.33 bits per heavy atom. The minimum absolute atomic E-state index is 0.0775. The molecule has 1 atom stereocenters. The molecule has 0 spiro atoms. The molecule has 1 N–H and O–H groups in total. The first kappa shape index (κ1) is 13.8. The fraction of sp³-hybridized carbons (Fsp3) is 0.571. The van der Waals surface area contributed by atoms with Crippen LogP contribution < -0.4 is 4.90 Å². The Bertz CT molecular complexity index is 391. The van der Waals surface area contributed by atoms with E-state index in [2.05, 4.69) is 33.9 Å². The molecule has 1 aliphatic rings. The van der Waals surface area contributed by atoms with Gasteiger partial charge in [0.05, 0.1) is 13.2 Å². The number of hydrogen-bond donors (Lipinski definition) is 1. The standard InChI is InChI=1S/C14H20BrNO2/c1-16(8-11-3-2-6-18-10-11)14-7-13(15)5-4-12(14)9-17/h4-5,7,11,17H,2-3,6,8-10H2,1H3. The lowest BCUT2D eigenvalue weighted by Gasteiger charge is -2.29. The molecule has 1 aliphatic heterocycles. The summed E-state index contributed by atoms with van der Waals surface area (Å²) in [5.74, 6) is 0.592. The Labute approximate surface area is 117 Å². The van der Waals surface area contributed by atoms with Gasteiger partial charge in [-0.3, -0.25) is 0 Å². The molecule has 0 bridgehead atoms. The van der Waals surface area contributed by atoms with Gasteiger partial charge in [-0.15, -0.1) is 0 Å². The number of aliphatic hydroxyl groups is 1. The summed E-state index contributed by atoms with van der Waals surface area (Å²) in [6.45, 7) is 2.81. The molecule has 1 aromatic rings. The minimum Gasteiger partial charge on any atom is -0.392 e. The van der Waals surface area contributed by atoms with Crippen LogP contribution in [0.5, 0.6) is 0 Å². The van der Waals surface area contributed by atoms with Gasteiger partial charge < -0.3 is 14.7 Å². The molecule has 1 aromatic carbocycles. The third-order valence-electron chi connectivity index (χ3n) is 3.42. The van der Waals surface area contributed by atoms with Gasteiger partial charge in [-0.05, 0) is 30.9 Å². The fourth-order valence-corrected chi connectivity index (χ4v) is 2.81. The number of nitrogens with zero attached hydrogens (tertiary/aromatic N) is 1. The van der Waals surface area contributed by atoms with Gasteiger partial charge in [0.25, 0.3) is 0 Å². The average molecular weight is 314 g/mol. The number of benzene rings is 1. The highest BCUT2D eigenvalue weighted by molar-refractivity contribution is 9.10. The Morgan fingerprint density at radius 1 is 1.50 bits per heavy atom. The summed E-state index contributed by atoms with van der Waals surface area (Å²) >= 11 is 3.49.